The number of rotatable bonds is 7. The molecule has 19 heavy (non-hydrogen) atoms. The van der Waals surface area contributed by atoms with Gasteiger partial charge in [0, 0.05) is 18.0 Å². The number of thiophene rings is 1. The van der Waals surface area contributed by atoms with Crippen molar-refractivity contribution in [2.24, 2.45) is 5.92 Å². The van der Waals surface area contributed by atoms with E-state index < -0.39 is 0 Å². The van der Waals surface area contributed by atoms with E-state index in [1.165, 1.54) is 18.4 Å². The van der Waals surface area contributed by atoms with Crippen LogP contribution >= 0.6 is 11.3 Å². The van der Waals surface area contributed by atoms with Crippen molar-refractivity contribution in [3.8, 4) is 0 Å². The molecule has 0 aromatic carbocycles. The van der Waals surface area contributed by atoms with Crippen LogP contribution in [0.15, 0.2) is 12.1 Å². The number of carbonyl (C=O) groups is 2. The zero-order valence-electron chi connectivity index (χ0n) is 11.1. The third-order valence-electron chi connectivity index (χ3n) is 2.59. The number of aliphatic hydroxyl groups excluding tert-OH is 1. The molecule has 0 spiro atoms. The Labute approximate surface area is 116 Å². The Morgan fingerprint density at radius 2 is 2.21 bits per heavy atom. The third kappa shape index (κ3) is 5.40. The van der Waals surface area contributed by atoms with Crippen molar-refractivity contribution < 1.29 is 19.4 Å². The number of aliphatic hydroxyl groups is 1. The first-order chi connectivity index (χ1) is 9.06. The Morgan fingerprint density at radius 3 is 2.84 bits per heavy atom. The minimum absolute atomic E-state index is 0.137. The number of hydrogen-bond donors (Lipinski definition) is 2. The molecular formula is C13H19NO4S. The van der Waals surface area contributed by atoms with Gasteiger partial charge in [-0.15, -0.1) is 11.3 Å². The number of nitrogens with one attached hydrogen (secondary N) is 1. The fourth-order valence-electron chi connectivity index (χ4n) is 1.48. The Bertz CT molecular complexity index is 430. The van der Waals surface area contributed by atoms with Crippen LogP contribution in [0.3, 0.4) is 0 Å². The first-order valence-corrected chi connectivity index (χ1v) is 6.93. The molecule has 0 aliphatic heterocycles. The number of ether oxygens (including phenoxy) is 1. The van der Waals surface area contributed by atoms with Crippen LogP contribution in [0.4, 0.5) is 0 Å². The molecule has 106 valence electrons. The van der Waals surface area contributed by atoms with Crippen LogP contribution < -0.4 is 5.32 Å². The van der Waals surface area contributed by atoms with Crippen LogP contribution in [0, 0.1) is 5.92 Å². The molecule has 0 bridgehead atoms. The van der Waals surface area contributed by atoms with Crippen molar-refractivity contribution in [3.63, 3.8) is 0 Å². The molecular weight excluding hydrogens is 266 g/mol. The van der Waals surface area contributed by atoms with Gasteiger partial charge < -0.3 is 15.2 Å². The fraction of sp³-hybridized carbons (Fsp3) is 0.538. The van der Waals surface area contributed by atoms with Crippen molar-refractivity contribution in [1.29, 1.82) is 0 Å². The topological polar surface area (TPSA) is 75.6 Å². The maximum Gasteiger partial charge on any atom is 0.307 e. The van der Waals surface area contributed by atoms with Gasteiger partial charge in [0.1, 0.15) is 0 Å². The summed E-state index contributed by atoms with van der Waals surface area (Å²) in [4.78, 5) is 24.4. The molecule has 1 aromatic rings. The predicted molar refractivity (Wildman–Crippen MR) is 73.2 cm³/mol. The van der Waals surface area contributed by atoms with Gasteiger partial charge in [-0.25, -0.2) is 0 Å². The minimum atomic E-state index is -0.344. The lowest BCUT2D eigenvalue weighted by Crippen LogP contribution is -2.25. The van der Waals surface area contributed by atoms with Crippen molar-refractivity contribution in [3.05, 3.63) is 21.9 Å². The largest absolute Gasteiger partial charge is 0.469 e. The number of amides is 1. The van der Waals surface area contributed by atoms with Crippen LogP contribution in [-0.4, -0.2) is 37.2 Å². The lowest BCUT2D eigenvalue weighted by molar-refractivity contribution is -0.140. The highest BCUT2D eigenvalue weighted by molar-refractivity contribution is 7.14. The maximum absolute atomic E-state index is 11.8. The van der Waals surface area contributed by atoms with E-state index in [4.69, 9.17) is 5.11 Å². The molecule has 1 atom stereocenters. The number of carbonyl (C=O) groups excluding carboxylic acids is 2. The summed E-state index contributed by atoms with van der Waals surface area (Å²) in [6, 6.07) is 3.66. The highest BCUT2D eigenvalue weighted by Crippen LogP contribution is 2.19. The molecule has 1 rings (SSSR count). The van der Waals surface area contributed by atoms with Gasteiger partial charge in [-0.1, -0.05) is 6.92 Å². The zero-order chi connectivity index (χ0) is 14.3. The van der Waals surface area contributed by atoms with Crippen molar-refractivity contribution in [2.75, 3.05) is 20.3 Å². The monoisotopic (exact) mass is 285 g/mol. The highest BCUT2D eigenvalue weighted by atomic mass is 32.1. The standard InChI is InChI=1S/C13H19NO4S/c1-9(8-15)7-10-3-4-11(19-10)13(17)14-6-5-12(16)18-2/h3-4,9,15H,5-8H2,1-2H3,(H,14,17). The summed E-state index contributed by atoms with van der Waals surface area (Å²) in [6.07, 6.45) is 0.929. The molecule has 0 radical (unpaired) electrons. The quantitative estimate of drug-likeness (QED) is 0.738. The molecule has 5 nitrogen and oxygen atoms in total. The molecule has 0 fully saturated rings. The van der Waals surface area contributed by atoms with E-state index >= 15 is 0 Å². The smallest absolute Gasteiger partial charge is 0.307 e. The average Bonchev–Trinajstić information content (AvgIpc) is 2.86. The van der Waals surface area contributed by atoms with Gasteiger partial charge in [-0.3, -0.25) is 9.59 Å². The van der Waals surface area contributed by atoms with Gasteiger partial charge in [0.05, 0.1) is 18.4 Å². The maximum atomic E-state index is 11.8. The molecule has 1 aromatic heterocycles. The normalized spacial score (nSPS) is 11.9. The Balaban J connectivity index is 2.42. The minimum Gasteiger partial charge on any atom is -0.469 e. The number of hydrogen-bond acceptors (Lipinski definition) is 5. The molecule has 0 aliphatic rings. The second-order valence-corrected chi connectivity index (χ2v) is 5.51. The summed E-state index contributed by atoms with van der Waals surface area (Å²) in [5, 5.41) is 11.7. The van der Waals surface area contributed by atoms with E-state index in [1.54, 1.807) is 6.07 Å². The average molecular weight is 285 g/mol. The van der Waals surface area contributed by atoms with Crippen LogP contribution in [0.2, 0.25) is 0 Å². The summed E-state index contributed by atoms with van der Waals surface area (Å²) < 4.78 is 4.49. The molecule has 2 N–H and O–H groups in total. The number of methoxy groups -OCH3 is 1. The summed E-state index contributed by atoms with van der Waals surface area (Å²) in [7, 11) is 1.32. The Hall–Kier alpha value is -1.40. The number of esters is 1. The van der Waals surface area contributed by atoms with E-state index in [9.17, 15) is 9.59 Å². The second kappa shape index (κ2) is 7.91. The van der Waals surface area contributed by atoms with Crippen LogP contribution in [0.1, 0.15) is 27.9 Å². The summed E-state index contributed by atoms with van der Waals surface area (Å²) >= 11 is 1.41. The van der Waals surface area contributed by atoms with Crippen molar-refractivity contribution >= 4 is 23.2 Å². The zero-order valence-corrected chi connectivity index (χ0v) is 12.0. The van der Waals surface area contributed by atoms with Gasteiger partial charge in [0.2, 0.25) is 0 Å². The van der Waals surface area contributed by atoms with Gasteiger partial charge >= 0.3 is 5.97 Å². The van der Waals surface area contributed by atoms with Crippen LogP contribution in [-0.2, 0) is 16.0 Å². The molecule has 6 heteroatoms. The fourth-order valence-corrected chi connectivity index (χ4v) is 2.57. The Kier molecular flexibility index (Phi) is 6.52. The van der Waals surface area contributed by atoms with Crippen LogP contribution in [0.25, 0.3) is 0 Å². The van der Waals surface area contributed by atoms with Gasteiger partial charge in [-0.2, -0.15) is 0 Å². The summed E-state index contributed by atoms with van der Waals surface area (Å²) in [5.74, 6) is -0.338. The first-order valence-electron chi connectivity index (χ1n) is 6.11. The SMILES string of the molecule is COC(=O)CCNC(=O)c1ccc(CC(C)CO)s1. The van der Waals surface area contributed by atoms with Gasteiger partial charge in [-0.05, 0) is 24.5 Å². The predicted octanol–water partition coefficient (Wildman–Crippen LogP) is 1.21. The summed E-state index contributed by atoms with van der Waals surface area (Å²) in [5.41, 5.74) is 0. The van der Waals surface area contributed by atoms with Gasteiger partial charge in [0.15, 0.2) is 0 Å². The molecule has 1 heterocycles. The third-order valence-corrected chi connectivity index (χ3v) is 3.70. The molecule has 0 saturated heterocycles. The lowest BCUT2D eigenvalue weighted by atomic mass is 10.1. The van der Waals surface area contributed by atoms with E-state index in [0.29, 0.717) is 4.88 Å². The van der Waals surface area contributed by atoms with Crippen molar-refractivity contribution in [2.45, 2.75) is 19.8 Å². The van der Waals surface area contributed by atoms with E-state index in [1.807, 2.05) is 13.0 Å². The second-order valence-electron chi connectivity index (χ2n) is 4.34. The highest BCUT2D eigenvalue weighted by Gasteiger charge is 2.11. The molecule has 0 saturated carbocycles. The van der Waals surface area contributed by atoms with E-state index in [-0.39, 0.29) is 37.4 Å². The summed E-state index contributed by atoms with van der Waals surface area (Å²) in [6.45, 7) is 2.36. The van der Waals surface area contributed by atoms with E-state index in [2.05, 4.69) is 10.1 Å². The van der Waals surface area contributed by atoms with Crippen LogP contribution in [0.5, 0.6) is 0 Å². The Morgan fingerprint density at radius 1 is 1.47 bits per heavy atom. The molecule has 1 amide bonds. The first kappa shape index (κ1) is 15.7. The molecule has 1 unspecified atom stereocenters. The molecule has 0 aliphatic carbocycles. The lowest BCUT2D eigenvalue weighted by Gasteiger charge is -2.04. The van der Waals surface area contributed by atoms with Crippen molar-refractivity contribution in [1.82, 2.24) is 5.32 Å². The van der Waals surface area contributed by atoms with Gasteiger partial charge in [0.25, 0.3) is 5.91 Å². The van der Waals surface area contributed by atoms with E-state index in [0.717, 1.165) is 11.3 Å².